The minimum atomic E-state index is -0.194. The van der Waals surface area contributed by atoms with Crippen molar-refractivity contribution in [3.8, 4) is 34.1 Å². The van der Waals surface area contributed by atoms with Crippen LogP contribution in [0.4, 0.5) is 0 Å². The van der Waals surface area contributed by atoms with Crippen LogP contribution in [-0.2, 0) is 0 Å². The smallest absolute Gasteiger partial charge is 0.291 e. The number of ether oxygens (including phenoxy) is 1. The number of hydrogen-bond acceptors (Lipinski definition) is 6. The first-order chi connectivity index (χ1) is 19.5. The zero-order valence-electron chi connectivity index (χ0n) is 22.7. The average molecular weight is 548 g/mol. The third-order valence-corrected chi connectivity index (χ3v) is 7.70. The van der Waals surface area contributed by atoms with Gasteiger partial charge in [-0.3, -0.25) is 4.79 Å². The van der Waals surface area contributed by atoms with Gasteiger partial charge < -0.3 is 4.74 Å². The molecule has 0 radical (unpaired) electrons. The van der Waals surface area contributed by atoms with Gasteiger partial charge in [-0.15, -0.1) is 5.10 Å². The minimum absolute atomic E-state index is 0.194. The van der Waals surface area contributed by atoms with Crippen molar-refractivity contribution in [2.24, 2.45) is 0 Å². The molecule has 0 atom stereocenters. The summed E-state index contributed by atoms with van der Waals surface area (Å²) in [5.74, 6) is 1.42. The largest absolute Gasteiger partial charge is 0.493 e. The average Bonchev–Trinajstić information content (AvgIpc) is 3.66. The maximum atomic E-state index is 13.4. The summed E-state index contributed by atoms with van der Waals surface area (Å²) in [7, 11) is 0. The van der Waals surface area contributed by atoms with Gasteiger partial charge in [-0.05, 0) is 62.2 Å². The maximum absolute atomic E-state index is 13.4. The molecule has 6 rings (SSSR count). The summed E-state index contributed by atoms with van der Waals surface area (Å²) in [6, 6.07) is 24.0. The third-order valence-electron chi connectivity index (χ3n) is 6.75. The van der Waals surface area contributed by atoms with Crippen LogP contribution in [0.1, 0.15) is 36.5 Å². The predicted octanol–water partition coefficient (Wildman–Crippen LogP) is 6.01. The van der Waals surface area contributed by atoms with Gasteiger partial charge in [0.2, 0.25) is 4.96 Å². The summed E-state index contributed by atoms with van der Waals surface area (Å²) in [5.41, 5.74) is 6.40. The van der Waals surface area contributed by atoms with Crippen molar-refractivity contribution in [3.63, 3.8) is 0 Å². The van der Waals surface area contributed by atoms with E-state index in [2.05, 4.69) is 23.1 Å². The molecule has 0 aliphatic rings. The molecule has 3 aromatic carbocycles. The highest BCUT2D eigenvalue weighted by Gasteiger charge is 2.16. The summed E-state index contributed by atoms with van der Waals surface area (Å²) >= 11 is 1.33. The topological polar surface area (TPSA) is 74.3 Å². The van der Waals surface area contributed by atoms with Crippen LogP contribution >= 0.6 is 11.3 Å². The maximum Gasteiger partial charge on any atom is 0.291 e. The normalized spacial score (nSPS) is 11.9. The van der Waals surface area contributed by atoms with E-state index in [1.165, 1.54) is 15.9 Å². The summed E-state index contributed by atoms with van der Waals surface area (Å²) in [4.78, 5) is 18.6. The molecule has 0 spiro atoms. The number of unbranched alkanes of at least 4 members (excludes halogenated alkanes) is 1. The van der Waals surface area contributed by atoms with Gasteiger partial charge in [0.15, 0.2) is 5.82 Å². The van der Waals surface area contributed by atoms with Gasteiger partial charge in [0.05, 0.1) is 16.8 Å². The number of nitrogens with zero attached hydrogens (tertiary/aromatic N) is 5. The Balaban J connectivity index is 1.43. The Morgan fingerprint density at radius 1 is 0.950 bits per heavy atom. The quantitative estimate of drug-likeness (QED) is 0.218. The molecule has 6 aromatic rings. The second-order valence-corrected chi connectivity index (χ2v) is 10.8. The first-order valence-electron chi connectivity index (χ1n) is 13.4. The molecule has 0 unspecified atom stereocenters. The number of para-hydroxylation sites is 1. The zero-order chi connectivity index (χ0) is 27.6. The molecule has 0 aliphatic carbocycles. The number of rotatable bonds is 8. The molecule has 0 bridgehead atoms. The Labute approximate surface area is 236 Å². The van der Waals surface area contributed by atoms with Crippen molar-refractivity contribution in [1.82, 2.24) is 24.4 Å². The number of aromatic nitrogens is 5. The van der Waals surface area contributed by atoms with Crippen LogP contribution < -0.4 is 14.8 Å². The van der Waals surface area contributed by atoms with E-state index in [0.717, 1.165) is 57.8 Å². The first kappa shape index (κ1) is 25.7. The second-order valence-electron chi connectivity index (χ2n) is 9.81. The molecule has 0 aliphatic heterocycles. The van der Waals surface area contributed by atoms with Gasteiger partial charge in [0.1, 0.15) is 11.4 Å². The molecular weight excluding hydrogens is 518 g/mol. The highest BCUT2D eigenvalue weighted by Crippen LogP contribution is 2.29. The molecule has 0 amide bonds. The van der Waals surface area contributed by atoms with Gasteiger partial charge in [-0.1, -0.05) is 72.7 Å². The van der Waals surface area contributed by atoms with Crippen LogP contribution in [0.3, 0.4) is 0 Å². The van der Waals surface area contributed by atoms with Crippen LogP contribution in [0.15, 0.2) is 83.8 Å². The van der Waals surface area contributed by atoms with Gasteiger partial charge in [-0.25, -0.2) is 4.68 Å². The Morgan fingerprint density at radius 2 is 1.73 bits per heavy atom. The lowest BCUT2D eigenvalue weighted by Crippen LogP contribution is -2.23. The standard InChI is InChI=1S/C32H29N5O2S/c1-4-5-17-39-27-16-15-24(18-22(27)3)29-25(20-36(34-29)26-9-7-6-8-10-26)19-28-31(38)37-32(40-28)33-30(35-37)23-13-11-21(2)12-14-23/h6-16,18-20H,4-5,17H2,1-3H3. The Morgan fingerprint density at radius 3 is 2.45 bits per heavy atom. The van der Waals surface area contributed by atoms with Crippen molar-refractivity contribution in [3.05, 3.63) is 111 Å². The summed E-state index contributed by atoms with van der Waals surface area (Å²) in [6.45, 7) is 6.93. The van der Waals surface area contributed by atoms with E-state index in [1.807, 2.05) is 97.5 Å². The summed E-state index contributed by atoms with van der Waals surface area (Å²) in [6.07, 6.45) is 5.95. The molecule has 0 saturated heterocycles. The van der Waals surface area contributed by atoms with E-state index in [9.17, 15) is 4.79 Å². The number of hydrogen-bond donors (Lipinski definition) is 0. The number of aryl methyl sites for hydroxylation is 2. The first-order valence-corrected chi connectivity index (χ1v) is 14.2. The van der Waals surface area contributed by atoms with Gasteiger partial charge >= 0.3 is 0 Å². The molecule has 0 N–H and O–H groups in total. The molecule has 0 fully saturated rings. The molecule has 0 saturated carbocycles. The van der Waals surface area contributed by atoms with E-state index in [-0.39, 0.29) is 5.56 Å². The molecule has 3 heterocycles. The van der Waals surface area contributed by atoms with Crippen molar-refractivity contribution < 1.29 is 4.74 Å². The highest BCUT2D eigenvalue weighted by atomic mass is 32.1. The second kappa shape index (κ2) is 10.9. The van der Waals surface area contributed by atoms with Gasteiger partial charge in [-0.2, -0.15) is 14.6 Å². The molecule has 3 aromatic heterocycles. The van der Waals surface area contributed by atoms with E-state index in [4.69, 9.17) is 9.84 Å². The van der Waals surface area contributed by atoms with E-state index < -0.39 is 0 Å². The molecule has 200 valence electrons. The molecule has 7 nitrogen and oxygen atoms in total. The van der Waals surface area contributed by atoms with Crippen LogP contribution in [0.2, 0.25) is 0 Å². The lowest BCUT2D eigenvalue weighted by Gasteiger charge is -2.10. The van der Waals surface area contributed by atoms with Crippen molar-refractivity contribution >= 4 is 22.4 Å². The lowest BCUT2D eigenvalue weighted by atomic mass is 10.0. The zero-order valence-corrected chi connectivity index (χ0v) is 23.5. The van der Waals surface area contributed by atoms with Crippen LogP contribution in [0.5, 0.6) is 5.75 Å². The van der Waals surface area contributed by atoms with E-state index in [1.54, 1.807) is 0 Å². The fourth-order valence-electron chi connectivity index (χ4n) is 4.52. The monoisotopic (exact) mass is 547 g/mol. The van der Waals surface area contributed by atoms with E-state index in [0.29, 0.717) is 21.9 Å². The molecule has 8 heteroatoms. The predicted molar refractivity (Wildman–Crippen MR) is 160 cm³/mol. The minimum Gasteiger partial charge on any atom is -0.493 e. The number of thiazole rings is 1. The molecular formula is C32H29N5O2S. The van der Waals surface area contributed by atoms with Gasteiger partial charge in [0.25, 0.3) is 5.56 Å². The summed E-state index contributed by atoms with van der Waals surface area (Å²) in [5, 5.41) is 9.44. The highest BCUT2D eigenvalue weighted by molar-refractivity contribution is 7.15. The van der Waals surface area contributed by atoms with Crippen molar-refractivity contribution in [2.45, 2.75) is 33.6 Å². The fraction of sp³-hybridized carbons (Fsp3) is 0.188. The molecule has 40 heavy (non-hydrogen) atoms. The van der Waals surface area contributed by atoms with Gasteiger partial charge in [0, 0.05) is 22.9 Å². The van der Waals surface area contributed by atoms with Crippen molar-refractivity contribution in [1.29, 1.82) is 0 Å². The summed E-state index contributed by atoms with van der Waals surface area (Å²) < 4.78 is 9.75. The lowest BCUT2D eigenvalue weighted by molar-refractivity contribution is 0.307. The Kier molecular flexibility index (Phi) is 7.00. The number of fused-ring (bicyclic) bond motifs is 1. The van der Waals surface area contributed by atoms with Crippen LogP contribution in [-0.4, -0.2) is 31.0 Å². The Bertz CT molecular complexity index is 1900. The Hall–Kier alpha value is -4.56. The van der Waals surface area contributed by atoms with Crippen LogP contribution in [0, 0.1) is 13.8 Å². The van der Waals surface area contributed by atoms with Crippen LogP contribution in [0.25, 0.3) is 39.4 Å². The van der Waals surface area contributed by atoms with Crippen molar-refractivity contribution in [2.75, 3.05) is 6.61 Å². The number of benzene rings is 3. The van der Waals surface area contributed by atoms with E-state index >= 15 is 0 Å². The third kappa shape index (κ3) is 5.05. The SMILES string of the molecule is CCCCOc1ccc(-c2nn(-c3ccccc3)cc2C=c2sc3nc(-c4ccc(C)cc4)nn3c2=O)cc1C. The fourth-order valence-corrected chi connectivity index (χ4v) is 5.41.